The molecule has 2 amide bonds. The van der Waals surface area contributed by atoms with Gasteiger partial charge in [0.2, 0.25) is 5.91 Å². The summed E-state index contributed by atoms with van der Waals surface area (Å²) < 4.78 is 5.60. The summed E-state index contributed by atoms with van der Waals surface area (Å²) in [4.78, 5) is 36.4. The summed E-state index contributed by atoms with van der Waals surface area (Å²) in [5, 5.41) is 15.0. The van der Waals surface area contributed by atoms with Crippen LogP contribution in [0.1, 0.15) is 63.0 Å². The third-order valence-corrected chi connectivity index (χ3v) is 6.78. The van der Waals surface area contributed by atoms with Crippen LogP contribution in [0.4, 0.5) is 4.79 Å². The van der Waals surface area contributed by atoms with Gasteiger partial charge in [-0.15, -0.1) is 0 Å². The topological polar surface area (TPSA) is 105 Å². The lowest BCUT2D eigenvalue weighted by molar-refractivity contribution is -0.143. The van der Waals surface area contributed by atoms with Crippen LogP contribution in [-0.2, 0) is 14.3 Å². The van der Waals surface area contributed by atoms with Crippen molar-refractivity contribution in [1.29, 1.82) is 0 Å². The Kier molecular flexibility index (Phi) is 6.91. The molecule has 0 aromatic heterocycles. The van der Waals surface area contributed by atoms with Crippen molar-refractivity contribution in [3.63, 3.8) is 0 Å². The highest BCUT2D eigenvalue weighted by Gasteiger charge is 2.32. The van der Waals surface area contributed by atoms with E-state index in [-0.39, 0.29) is 30.9 Å². The van der Waals surface area contributed by atoms with Crippen LogP contribution in [0.25, 0.3) is 11.1 Å². The molecule has 2 aromatic carbocycles. The Balaban J connectivity index is 1.30. The van der Waals surface area contributed by atoms with E-state index < -0.39 is 23.5 Å². The summed E-state index contributed by atoms with van der Waals surface area (Å²) in [6.45, 7) is 3.75. The minimum Gasteiger partial charge on any atom is -0.481 e. The first kappa shape index (κ1) is 23.8. The number of carbonyl (C=O) groups is 3. The second-order valence-corrected chi connectivity index (χ2v) is 9.98. The van der Waals surface area contributed by atoms with Crippen molar-refractivity contribution in [3.8, 4) is 11.1 Å². The minimum absolute atomic E-state index is 0.0296. The lowest BCUT2D eigenvalue weighted by Gasteiger charge is -2.30. The molecule has 7 nitrogen and oxygen atoms in total. The highest BCUT2D eigenvalue weighted by Crippen LogP contribution is 2.44. The van der Waals surface area contributed by atoms with Crippen LogP contribution >= 0.6 is 0 Å². The Morgan fingerprint density at radius 1 is 1.00 bits per heavy atom. The van der Waals surface area contributed by atoms with Gasteiger partial charge in [-0.05, 0) is 55.4 Å². The van der Waals surface area contributed by atoms with Crippen LogP contribution in [-0.4, -0.2) is 41.3 Å². The molecule has 2 aromatic rings. The van der Waals surface area contributed by atoms with Crippen molar-refractivity contribution in [2.75, 3.05) is 6.61 Å². The first-order valence-corrected chi connectivity index (χ1v) is 11.9. The largest absolute Gasteiger partial charge is 0.481 e. The van der Waals surface area contributed by atoms with E-state index in [9.17, 15) is 19.5 Å². The molecule has 1 saturated carbocycles. The number of benzene rings is 2. The SMILES string of the molecule is CC(C)(CC(=O)N[C@@H]1CCC[C@H](C(=O)O)C1)NC(=O)OCC1c2ccccc2-c2ccccc21. The number of ether oxygens (including phenoxy) is 1. The molecule has 3 N–H and O–H groups in total. The number of aliphatic carboxylic acids is 1. The van der Waals surface area contributed by atoms with Crippen LogP contribution in [0, 0.1) is 5.92 Å². The number of hydrogen-bond donors (Lipinski definition) is 3. The van der Waals surface area contributed by atoms with Crippen LogP contribution in [0.5, 0.6) is 0 Å². The Bertz CT molecular complexity index is 1030. The number of carboxylic acids is 1. The zero-order chi connectivity index (χ0) is 24.3. The highest BCUT2D eigenvalue weighted by molar-refractivity contribution is 5.80. The van der Waals surface area contributed by atoms with Crippen molar-refractivity contribution in [3.05, 3.63) is 59.7 Å². The Morgan fingerprint density at radius 3 is 2.24 bits per heavy atom. The van der Waals surface area contributed by atoms with Gasteiger partial charge >= 0.3 is 12.1 Å². The third kappa shape index (κ3) is 5.41. The maximum atomic E-state index is 12.6. The third-order valence-electron chi connectivity index (χ3n) is 6.78. The Morgan fingerprint density at radius 2 is 1.62 bits per heavy atom. The van der Waals surface area contributed by atoms with Gasteiger partial charge in [-0.25, -0.2) is 4.79 Å². The smallest absolute Gasteiger partial charge is 0.407 e. The number of alkyl carbamates (subject to hydrolysis) is 1. The quantitative estimate of drug-likeness (QED) is 0.561. The van der Waals surface area contributed by atoms with Gasteiger partial charge in [0, 0.05) is 23.9 Å². The summed E-state index contributed by atoms with van der Waals surface area (Å²) in [5.74, 6) is -1.46. The fraction of sp³-hybridized carbons (Fsp3) is 0.444. The molecular weight excluding hydrogens is 432 g/mol. The number of fused-ring (bicyclic) bond motifs is 3. The molecule has 34 heavy (non-hydrogen) atoms. The van der Waals surface area contributed by atoms with E-state index in [2.05, 4.69) is 34.9 Å². The number of carboxylic acid groups (broad SMARTS) is 1. The average molecular weight is 465 g/mol. The van der Waals surface area contributed by atoms with Gasteiger partial charge in [-0.1, -0.05) is 55.0 Å². The molecule has 4 rings (SSSR count). The van der Waals surface area contributed by atoms with Crippen molar-refractivity contribution in [1.82, 2.24) is 10.6 Å². The summed E-state index contributed by atoms with van der Waals surface area (Å²) in [6, 6.07) is 16.2. The standard InChI is InChI=1S/C27H32N2O5/c1-27(2,15-24(30)28-18-9-7-8-17(14-18)25(31)32)29-26(33)34-16-23-21-12-5-3-10-19(21)20-11-4-6-13-22(20)23/h3-6,10-13,17-18,23H,7-9,14-16H2,1-2H3,(H,28,30)(H,29,33)(H,31,32)/t17-,18+/m0/s1. The predicted octanol–water partition coefficient (Wildman–Crippen LogP) is 4.45. The van der Waals surface area contributed by atoms with Gasteiger partial charge in [-0.2, -0.15) is 0 Å². The molecular formula is C27H32N2O5. The molecule has 0 bridgehead atoms. The molecule has 0 radical (unpaired) electrons. The van der Waals surface area contributed by atoms with E-state index in [0.29, 0.717) is 12.8 Å². The molecule has 0 saturated heterocycles. The number of hydrogen-bond acceptors (Lipinski definition) is 4. The van der Waals surface area contributed by atoms with Crippen molar-refractivity contribution < 1.29 is 24.2 Å². The summed E-state index contributed by atoms with van der Waals surface area (Å²) in [6.07, 6.45) is 2.16. The van der Waals surface area contributed by atoms with Crippen molar-refractivity contribution >= 4 is 18.0 Å². The molecule has 2 aliphatic carbocycles. The number of rotatable bonds is 7. The van der Waals surface area contributed by atoms with Gasteiger partial charge in [0.15, 0.2) is 0 Å². The number of carbonyl (C=O) groups excluding carboxylic acids is 2. The van der Waals surface area contributed by atoms with Crippen molar-refractivity contribution in [2.45, 2.75) is 63.5 Å². The average Bonchev–Trinajstić information content (AvgIpc) is 3.11. The molecule has 0 unspecified atom stereocenters. The lowest BCUT2D eigenvalue weighted by atomic mass is 9.85. The Labute approximate surface area is 199 Å². The second kappa shape index (κ2) is 9.87. The van der Waals surface area contributed by atoms with Gasteiger partial charge in [-0.3, -0.25) is 9.59 Å². The zero-order valence-electron chi connectivity index (χ0n) is 19.7. The van der Waals surface area contributed by atoms with E-state index in [4.69, 9.17) is 4.74 Å². The minimum atomic E-state index is -0.812. The Hall–Kier alpha value is -3.35. The van der Waals surface area contributed by atoms with E-state index in [1.165, 1.54) is 0 Å². The van der Waals surface area contributed by atoms with Gasteiger partial charge in [0.05, 0.1) is 5.92 Å². The zero-order valence-corrected chi connectivity index (χ0v) is 19.7. The van der Waals surface area contributed by atoms with Crippen LogP contribution in [0.3, 0.4) is 0 Å². The fourth-order valence-electron chi connectivity index (χ4n) is 5.18. The predicted molar refractivity (Wildman–Crippen MR) is 128 cm³/mol. The summed E-state index contributed by atoms with van der Waals surface area (Å²) in [7, 11) is 0. The van der Waals surface area contributed by atoms with Crippen LogP contribution in [0.15, 0.2) is 48.5 Å². The summed E-state index contributed by atoms with van der Waals surface area (Å²) >= 11 is 0. The lowest BCUT2D eigenvalue weighted by Crippen LogP contribution is -2.49. The number of amides is 2. The number of nitrogens with one attached hydrogen (secondary N) is 2. The fourth-order valence-corrected chi connectivity index (χ4v) is 5.18. The maximum Gasteiger partial charge on any atom is 0.407 e. The molecule has 2 aliphatic rings. The van der Waals surface area contributed by atoms with Crippen LogP contribution < -0.4 is 10.6 Å². The maximum absolute atomic E-state index is 12.6. The highest BCUT2D eigenvalue weighted by atomic mass is 16.5. The first-order valence-electron chi connectivity index (χ1n) is 11.9. The van der Waals surface area contributed by atoms with E-state index in [0.717, 1.165) is 35.1 Å². The van der Waals surface area contributed by atoms with Crippen molar-refractivity contribution in [2.24, 2.45) is 5.92 Å². The molecule has 0 spiro atoms. The molecule has 0 aliphatic heterocycles. The summed E-state index contributed by atoms with van der Waals surface area (Å²) in [5.41, 5.74) is 3.80. The first-order chi connectivity index (χ1) is 16.2. The second-order valence-electron chi connectivity index (χ2n) is 9.98. The van der Waals surface area contributed by atoms with E-state index in [1.54, 1.807) is 13.8 Å². The van der Waals surface area contributed by atoms with Crippen LogP contribution in [0.2, 0.25) is 0 Å². The van der Waals surface area contributed by atoms with E-state index in [1.807, 2.05) is 24.3 Å². The van der Waals surface area contributed by atoms with Gasteiger partial charge < -0.3 is 20.5 Å². The molecule has 0 heterocycles. The van der Waals surface area contributed by atoms with Gasteiger partial charge in [0.25, 0.3) is 0 Å². The molecule has 7 heteroatoms. The molecule has 2 atom stereocenters. The monoisotopic (exact) mass is 464 g/mol. The van der Waals surface area contributed by atoms with E-state index >= 15 is 0 Å². The molecule has 1 fully saturated rings. The van der Waals surface area contributed by atoms with Gasteiger partial charge in [0.1, 0.15) is 6.61 Å². The normalized spacial score (nSPS) is 19.6. The molecule has 180 valence electrons.